The molecule has 0 aliphatic heterocycles. The number of fused-ring (bicyclic) bond motifs is 1. The van der Waals surface area contributed by atoms with E-state index in [2.05, 4.69) is 4.98 Å². The van der Waals surface area contributed by atoms with E-state index in [1.54, 1.807) is 6.07 Å². The summed E-state index contributed by atoms with van der Waals surface area (Å²) in [6.45, 7) is 0.527. The van der Waals surface area contributed by atoms with Crippen molar-refractivity contribution in [1.29, 1.82) is 5.41 Å². The molecule has 34 heavy (non-hydrogen) atoms. The van der Waals surface area contributed by atoms with Crippen molar-refractivity contribution >= 4 is 22.8 Å². The summed E-state index contributed by atoms with van der Waals surface area (Å²) in [6, 6.07) is 30.3. The summed E-state index contributed by atoms with van der Waals surface area (Å²) in [5.74, 6) is 0.428. The summed E-state index contributed by atoms with van der Waals surface area (Å²) in [5, 5.41) is 8.35. The molecule has 0 aliphatic rings. The van der Waals surface area contributed by atoms with Gasteiger partial charge in [0.1, 0.15) is 18.2 Å². The summed E-state index contributed by atoms with van der Waals surface area (Å²) in [5.41, 5.74) is 12.4. The van der Waals surface area contributed by atoms with Crippen LogP contribution in [0.25, 0.3) is 33.3 Å². The molecule has 0 saturated heterocycles. The smallest absolute Gasteiger partial charge is 0.124 e. The number of rotatable bonds is 6. The summed E-state index contributed by atoms with van der Waals surface area (Å²) in [7, 11) is 0. The zero-order valence-electron chi connectivity index (χ0n) is 18.3. The molecule has 5 rings (SSSR count). The first kappa shape index (κ1) is 21.3. The molecule has 3 N–H and O–H groups in total. The third-order valence-electron chi connectivity index (χ3n) is 5.76. The van der Waals surface area contributed by atoms with Crippen molar-refractivity contribution < 1.29 is 9.13 Å². The number of ether oxygens (including phenoxy) is 1. The van der Waals surface area contributed by atoms with Crippen LogP contribution in [-0.4, -0.2) is 11.2 Å². The molecule has 4 nitrogen and oxygen atoms in total. The van der Waals surface area contributed by atoms with Gasteiger partial charge in [-0.2, -0.15) is 0 Å². The molecular weight excluding hydrogens is 425 g/mol. The third-order valence-corrected chi connectivity index (χ3v) is 5.76. The van der Waals surface area contributed by atoms with Crippen LogP contribution in [0.4, 0.5) is 10.1 Å². The lowest BCUT2D eigenvalue weighted by molar-refractivity contribution is 0.306. The summed E-state index contributed by atoms with van der Waals surface area (Å²) >= 11 is 0. The molecule has 0 fully saturated rings. The van der Waals surface area contributed by atoms with Gasteiger partial charge in [0.15, 0.2) is 0 Å². The summed E-state index contributed by atoms with van der Waals surface area (Å²) < 4.78 is 19.6. The van der Waals surface area contributed by atoms with Crippen LogP contribution in [0.3, 0.4) is 0 Å². The van der Waals surface area contributed by atoms with Crippen LogP contribution in [0.1, 0.15) is 11.1 Å². The lowest BCUT2D eigenvalue weighted by Crippen LogP contribution is -2.01. The largest absolute Gasteiger partial charge is 0.489 e. The second-order valence-electron chi connectivity index (χ2n) is 7.97. The lowest BCUT2D eigenvalue weighted by atomic mass is 9.98. The molecule has 0 saturated carbocycles. The van der Waals surface area contributed by atoms with Gasteiger partial charge < -0.3 is 15.9 Å². The first-order chi connectivity index (χ1) is 16.6. The number of benzene rings is 4. The van der Waals surface area contributed by atoms with Crippen LogP contribution in [0, 0.1) is 11.2 Å². The Kier molecular flexibility index (Phi) is 5.75. The molecule has 4 aromatic carbocycles. The molecule has 0 spiro atoms. The van der Waals surface area contributed by atoms with Gasteiger partial charge in [-0.05, 0) is 47.0 Å². The van der Waals surface area contributed by atoms with Gasteiger partial charge in [0.2, 0.25) is 0 Å². The van der Waals surface area contributed by atoms with Gasteiger partial charge in [-0.25, -0.2) is 9.37 Å². The Bertz CT molecular complexity index is 1460. The average molecular weight is 448 g/mol. The standard InChI is InChI=1S/C29H22FN3O/c30-23-12-15-27-25(16-23)28(32)26(17-31)29(33-27)22-8-6-20(7-9-22)21-10-13-24(14-11-21)34-18-19-4-2-1-3-5-19/h1-17,31H,18H2,(H2,32,33). The fourth-order valence-corrected chi connectivity index (χ4v) is 3.95. The highest BCUT2D eigenvalue weighted by Gasteiger charge is 2.14. The van der Waals surface area contributed by atoms with E-state index in [0.29, 0.717) is 34.5 Å². The SMILES string of the molecule is N=Cc1c(-c2ccc(-c3ccc(OCc4ccccc4)cc3)cc2)nc2ccc(F)cc2c1N. The van der Waals surface area contributed by atoms with Gasteiger partial charge in [0, 0.05) is 22.7 Å². The number of anilines is 1. The van der Waals surface area contributed by atoms with Crippen LogP contribution < -0.4 is 10.5 Å². The molecule has 0 radical (unpaired) electrons. The molecule has 0 bridgehead atoms. The predicted molar refractivity (Wildman–Crippen MR) is 136 cm³/mol. The molecule has 1 aromatic heterocycles. The Balaban J connectivity index is 1.39. The maximum absolute atomic E-state index is 13.7. The second-order valence-corrected chi connectivity index (χ2v) is 7.97. The van der Waals surface area contributed by atoms with Crippen LogP contribution >= 0.6 is 0 Å². The third kappa shape index (κ3) is 4.24. The molecule has 166 valence electrons. The Morgan fingerprint density at radius 1 is 0.824 bits per heavy atom. The minimum absolute atomic E-state index is 0.352. The summed E-state index contributed by atoms with van der Waals surface area (Å²) in [6.07, 6.45) is 1.17. The van der Waals surface area contributed by atoms with Gasteiger partial charge in [-0.1, -0.05) is 66.7 Å². The van der Waals surface area contributed by atoms with Gasteiger partial charge >= 0.3 is 0 Å². The maximum atomic E-state index is 13.7. The van der Waals surface area contributed by atoms with E-state index in [0.717, 1.165) is 28.0 Å². The van der Waals surface area contributed by atoms with E-state index in [1.165, 1.54) is 18.3 Å². The molecule has 5 aromatic rings. The van der Waals surface area contributed by atoms with Crippen molar-refractivity contribution in [3.05, 3.63) is 114 Å². The minimum atomic E-state index is -0.384. The highest BCUT2D eigenvalue weighted by atomic mass is 19.1. The highest BCUT2D eigenvalue weighted by Crippen LogP contribution is 2.32. The van der Waals surface area contributed by atoms with Crippen LogP contribution in [0.15, 0.2) is 97.1 Å². The summed E-state index contributed by atoms with van der Waals surface area (Å²) in [4.78, 5) is 4.66. The van der Waals surface area contributed by atoms with E-state index in [4.69, 9.17) is 15.9 Å². The molecule has 0 atom stereocenters. The van der Waals surface area contributed by atoms with Crippen molar-refractivity contribution in [1.82, 2.24) is 4.98 Å². The number of halogens is 1. The average Bonchev–Trinajstić information content (AvgIpc) is 2.89. The van der Waals surface area contributed by atoms with Crippen molar-refractivity contribution in [3.8, 4) is 28.1 Å². The Labute approximate surface area is 197 Å². The second kappa shape index (κ2) is 9.16. The van der Waals surface area contributed by atoms with Crippen molar-refractivity contribution in [2.75, 3.05) is 5.73 Å². The van der Waals surface area contributed by atoms with E-state index in [-0.39, 0.29) is 5.82 Å². The topological polar surface area (TPSA) is 72.0 Å². The van der Waals surface area contributed by atoms with Crippen molar-refractivity contribution in [3.63, 3.8) is 0 Å². The number of hydrogen-bond acceptors (Lipinski definition) is 4. The number of nitrogens with zero attached hydrogens (tertiary/aromatic N) is 1. The Morgan fingerprint density at radius 3 is 2.15 bits per heavy atom. The monoisotopic (exact) mass is 447 g/mol. The molecule has 0 amide bonds. The first-order valence-electron chi connectivity index (χ1n) is 10.9. The van der Waals surface area contributed by atoms with Crippen LogP contribution in [0.5, 0.6) is 5.75 Å². The van der Waals surface area contributed by atoms with Crippen LogP contribution in [-0.2, 0) is 6.61 Å². The number of nitrogen functional groups attached to an aromatic ring is 1. The zero-order chi connectivity index (χ0) is 23.5. The van der Waals surface area contributed by atoms with Gasteiger partial charge in [-0.3, -0.25) is 0 Å². The van der Waals surface area contributed by atoms with E-state index in [9.17, 15) is 4.39 Å². The molecule has 1 heterocycles. The van der Waals surface area contributed by atoms with Crippen LogP contribution in [0.2, 0.25) is 0 Å². The van der Waals surface area contributed by atoms with E-state index in [1.807, 2.05) is 78.9 Å². The molecular formula is C29H22FN3O. The number of pyridine rings is 1. The zero-order valence-corrected chi connectivity index (χ0v) is 18.3. The van der Waals surface area contributed by atoms with Crippen molar-refractivity contribution in [2.45, 2.75) is 6.61 Å². The predicted octanol–water partition coefficient (Wildman–Crippen LogP) is 6.87. The maximum Gasteiger partial charge on any atom is 0.124 e. The van der Waals surface area contributed by atoms with Crippen molar-refractivity contribution in [2.24, 2.45) is 0 Å². The fourth-order valence-electron chi connectivity index (χ4n) is 3.95. The Morgan fingerprint density at radius 2 is 1.47 bits per heavy atom. The molecule has 0 aliphatic carbocycles. The number of hydrogen-bond donors (Lipinski definition) is 2. The quantitative estimate of drug-likeness (QED) is 0.279. The molecule has 0 unspecified atom stereocenters. The van der Waals surface area contributed by atoms with E-state index < -0.39 is 0 Å². The minimum Gasteiger partial charge on any atom is -0.489 e. The van der Waals surface area contributed by atoms with Gasteiger partial charge in [0.25, 0.3) is 0 Å². The van der Waals surface area contributed by atoms with Gasteiger partial charge in [-0.15, -0.1) is 0 Å². The highest BCUT2D eigenvalue weighted by molar-refractivity contribution is 6.04. The lowest BCUT2D eigenvalue weighted by Gasteiger charge is -2.12. The number of aromatic nitrogens is 1. The fraction of sp³-hybridized carbons (Fsp3) is 0.0345. The first-order valence-corrected chi connectivity index (χ1v) is 10.9. The van der Waals surface area contributed by atoms with Gasteiger partial charge in [0.05, 0.1) is 16.9 Å². The number of nitrogens with two attached hydrogens (primary N) is 1. The Hall–Kier alpha value is -4.51. The molecule has 5 heteroatoms. The van der Waals surface area contributed by atoms with E-state index >= 15 is 0 Å². The normalized spacial score (nSPS) is 10.9. The number of nitrogens with one attached hydrogen (secondary N) is 1.